The fourth-order valence-corrected chi connectivity index (χ4v) is 5.21. The standard InChI is InChI=1S/C20H23BrN2O4S/c1-27-18-6-2-4-16(14-18)8-9-20(24)22-10-12-23(13-11-22)28(25,26)19-7-3-5-17(21)15-19/h2-7,14-15H,8-13H2,1H3. The molecular weight excluding hydrogens is 444 g/mol. The summed E-state index contributed by atoms with van der Waals surface area (Å²) in [6, 6.07) is 14.4. The minimum Gasteiger partial charge on any atom is -0.497 e. The van der Waals surface area contributed by atoms with Crippen LogP contribution in [0.15, 0.2) is 57.9 Å². The molecular formula is C20H23BrN2O4S. The SMILES string of the molecule is COc1cccc(CCC(=O)N2CCN(S(=O)(=O)c3cccc(Br)c3)CC2)c1. The number of ether oxygens (including phenoxy) is 1. The third kappa shape index (κ3) is 4.92. The molecule has 0 atom stereocenters. The van der Waals surface area contributed by atoms with Crippen LogP contribution in [0.25, 0.3) is 0 Å². The van der Waals surface area contributed by atoms with Crippen LogP contribution in [-0.4, -0.2) is 56.8 Å². The first-order valence-electron chi connectivity index (χ1n) is 9.06. The lowest BCUT2D eigenvalue weighted by molar-refractivity contribution is -0.132. The van der Waals surface area contributed by atoms with Crippen LogP contribution in [0.5, 0.6) is 5.75 Å². The van der Waals surface area contributed by atoms with Crippen LogP contribution in [0.2, 0.25) is 0 Å². The molecule has 1 amide bonds. The number of aryl methyl sites for hydroxylation is 1. The topological polar surface area (TPSA) is 66.9 Å². The lowest BCUT2D eigenvalue weighted by Gasteiger charge is -2.34. The van der Waals surface area contributed by atoms with Crippen molar-refractivity contribution in [3.8, 4) is 5.75 Å². The Morgan fingerprint density at radius 3 is 2.46 bits per heavy atom. The summed E-state index contributed by atoms with van der Waals surface area (Å²) < 4.78 is 32.9. The first-order valence-corrected chi connectivity index (χ1v) is 11.3. The van der Waals surface area contributed by atoms with E-state index in [2.05, 4.69) is 15.9 Å². The van der Waals surface area contributed by atoms with Crippen LogP contribution >= 0.6 is 15.9 Å². The van der Waals surface area contributed by atoms with Gasteiger partial charge in [-0.2, -0.15) is 4.31 Å². The van der Waals surface area contributed by atoms with Crippen molar-refractivity contribution in [3.05, 3.63) is 58.6 Å². The number of halogens is 1. The van der Waals surface area contributed by atoms with Gasteiger partial charge in [0, 0.05) is 37.1 Å². The number of piperazine rings is 1. The quantitative estimate of drug-likeness (QED) is 0.656. The van der Waals surface area contributed by atoms with Crippen molar-refractivity contribution in [3.63, 3.8) is 0 Å². The summed E-state index contributed by atoms with van der Waals surface area (Å²) in [5.41, 5.74) is 1.04. The second-order valence-electron chi connectivity index (χ2n) is 6.59. The van der Waals surface area contributed by atoms with E-state index in [1.54, 1.807) is 36.3 Å². The van der Waals surface area contributed by atoms with E-state index in [1.807, 2.05) is 24.3 Å². The molecule has 1 heterocycles. The molecule has 0 aromatic heterocycles. The third-order valence-electron chi connectivity index (χ3n) is 4.79. The average Bonchev–Trinajstić information content (AvgIpc) is 2.72. The molecule has 1 saturated heterocycles. The Labute approximate surface area is 174 Å². The highest BCUT2D eigenvalue weighted by atomic mass is 79.9. The van der Waals surface area contributed by atoms with E-state index < -0.39 is 10.0 Å². The van der Waals surface area contributed by atoms with Gasteiger partial charge in [0.25, 0.3) is 0 Å². The molecule has 0 saturated carbocycles. The largest absolute Gasteiger partial charge is 0.497 e. The smallest absolute Gasteiger partial charge is 0.243 e. The van der Waals surface area contributed by atoms with E-state index in [1.165, 1.54) is 4.31 Å². The number of hydrogen-bond donors (Lipinski definition) is 0. The second-order valence-corrected chi connectivity index (χ2v) is 9.45. The molecule has 0 N–H and O–H groups in total. The number of amides is 1. The van der Waals surface area contributed by atoms with Crippen LogP contribution in [0, 0.1) is 0 Å². The van der Waals surface area contributed by atoms with Crippen molar-refractivity contribution >= 4 is 31.9 Å². The number of nitrogens with zero attached hydrogens (tertiary/aromatic N) is 2. The van der Waals surface area contributed by atoms with Crippen LogP contribution in [-0.2, 0) is 21.2 Å². The Bertz CT molecular complexity index is 941. The monoisotopic (exact) mass is 466 g/mol. The van der Waals surface area contributed by atoms with Gasteiger partial charge in [-0.1, -0.05) is 34.1 Å². The highest BCUT2D eigenvalue weighted by Crippen LogP contribution is 2.21. The highest BCUT2D eigenvalue weighted by Gasteiger charge is 2.30. The Morgan fingerprint density at radius 1 is 1.07 bits per heavy atom. The Hall–Kier alpha value is -1.90. The molecule has 8 heteroatoms. The summed E-state index contributed by atoms with van der Waals surface area (Å²) in [7, 11) is -1.93. The van der Waals surface area contributed by atoms with Gasteiger partial charge in [-0.05, 0) is 42.3 Å². The fraction of sp³-hybridized carbons (Fsp3) is 0.350. The van der Waals surface area contributed by atoms with Gasteiger partial charge in [-0.25, -0.2) is 8.42 Å². The number of carbonyl (C=O) groups is 1. The molecule has 0 aliphatic carbocycles. The number of hydrogen-bond acceptors (Lipinski definition) is 4. The van der Waals surface area contributed by atoms with Crippen molar-refractivity contribution in [1.82, 2.24) is 9.21 Å². The number of rotatable bonds is 6. The molecule has 1 fully saturated rings. The molecule has 28 heavy (non-hydrogen) atoms. The molecule has 1 aliphatic rings. The van der Waals surface area contributed by atoms with Gasteiger partial charge < -0.3 is 9.64 Å². The maximum atomic E-state index is 12.8. The first kappa shape index (κ1) is 20.8. The van der Waals surface area contributed by atoms with Crippen molar-refractivity contribution in [2.45, 2.75) is 17.7 Å². The van der Waals surface area contributed by atoms with Crippen LogP contribution in [0.1, 0.15) is 12.0 Å². The lowest BCUT2D eigenvalue weighted by Crippen LogP contribution is -2.50. The first-order chi connectivity index (χ1) is 13.4. The minimum absolute atomic E-state index is 0.0438. The molecule has 0 spiro atoms. The van der Waals surface area contributed by atoms with Gasteiger partial charge in [-0.3, -0.25) is 4.79 Å². The van der Waals surface area contributed by atoms with Gasteiger partial charge in [0.15, 0.2) is 0 Å². The van der Waals surface area contributed by atoms with Gasteiger partial charge in [-0.15, -0.1) is 0 Å². The maximum Gasteiger partial charge on any atom is 0.243 e. The van der Waals surface area contributed by atoms with E-state index in [-0.39, 0.29) is 10.8 Å². The summed E-state index contributed by atoms with van der Waals surface area (Å²) in [6.07, 6.45) is 1.03. The zero-order chi connectivity index (χ0) is 20.1. The predicted octanol–water partition coefficient (Wildman–Crippen LogP) is 2.92. The second kappa shape index (κ2) is 9.07. The maximum absolute atomic E-state index is 12.8. The van der Waals surface area contributed by atoms with E-state index in [9.17, 15) is 13.2 Å². The van der Waals surface area contributed by atoms with Crippen molar-refractivity contribution < 1.29 is 17.9 Å². The Morgan fingerprint density at radius 2 is 1.79 bits per heavy atom. The van der Waals surface area contributed by atoms with Gasteiger partial charge in [0.05, 0.1) is 12.0 Å². The van der Waals surface area contributed by atoms with Crippen molar-refractivity contribution in [1.29, 1.82) is 0 Å². The molecule has 1 aliphatic heterocycles. The molecule has 0 bridgehead atoms. The predicted molar refractivity (Wildman–Crippen MR) is 111 cm³/mol. The van der Waals surface area contributed by atoms with Gasteiger partial charge in [0.1, 0.15) is 5.75 Å². The van der Waals surface area contributed by atoms with Crippen LogP contribution in [0.4, 0.5) is 0 Å². The number of carbonyl (C=O) groups excluding carboxylic acids is 1. The molecule has 0 radical (unpaired) electrons. The zero-order valence-corrected chi connectivity index (χ0v) is 18.1. The third-order valence-corrected chi connectivity index (χ3v) is 7.17. The Balaban J connectivity index is 1.55. The summed E-state index contributed by atoms with van der Waals surface area (Å²) in [5.74, 6) is 0.818. The Kier molecular flexibility index (Phi) is 6.74. The molecule has 2 aromatic rings. The number of benzene rings is 2. The number of sulfonamides is 1. The van der Waals surface area contributed by atoms with Crippen molar-refractivity contribution in [2.75, 3.05) is 33.3 Å². The molecule has 150 valence electrons. The summed E-state index contributed by atoms with van der Waals surface area (Å²) in [4.78, 5) is 14.5. The van der Waals surface area contributed by atoms with Crippen LogP contribution < -0.4 is 4.74 Å². The van der Waals surface area contributed by atoms with Gasteiger partial charge in [0.2, 0.25) is 15.9 Å². The lowest BCUT2D eigenvalue weighted by atomic mass is 10.1. The summed E-state index contributed by atoms with van der Waals surface area (Å²) >= 11 is 3.31. The highest BCUT2D eigenvalue weighted by molar-refractivity contribution is 9.10. The average molecular weight is 467 g/mol. The van der Waals surface area contributed by atoms with Gasteiger partial charge >= 0.3 is 0 Å². The fourth-order valence-electron chi connectivity index (χ4n) is 3.19. The molecule has 3 rings (SSSR count). The van der Waals surface area contributed by atoms with E-state index >= 15 is 0 Å². The summed E-state index contributed by atoms with van der Waals surface area (Å²) in [6.45, 7) is 1.42. The minimum atomic E-state index is -3.55. The summed E-state index contributed by atoms with van der Waals surface area (Å²) in [5, 5.41) is 0. The normalized spacial score (nSPS) is 15.4. The van der Waals surface area contributed by atoms with Crippen LogP contribution in [0.3, 0.4) is 0 Å². The molecule has 6 nitrogen and oxygen atoms in total. The van der Waals surface area contributed by atoms with E-state index in [4.69, 9.17) is 4.74 Å². The van der Waals surface area contributed by atoms with Crippen molar-refractivity contribution in [2.24, 2.45) is 0 Å². The molecule has 2 aromatic carbocycles. The number of methoxy groups -OCH3 is 1. The van der Waals surface area contributed by atoms with E-state index in [0.717, 1.165) is 15.8 Å². The zero-order valence-electron chi connectivity index (χ0n) is 15.7. The van der Waals surface area contributed by atoms with E-state index in [0.29, 0.717) is 39.0 Å². The molecule has 0 unspecified atom stereocenters.